The average molecular weight is 240 g/mol. The SMILES string of the molecule is C#CCC(NC(=O)C1(C)COCC1N)C(=O)O. The summed E-state index contributed by atoms with van der Waals surface area (Å²) in [5.41, 5.74) is 4.87. The van der Waals surface area contributed by atoms with Crippen molar-refractivity contribution in [3.8, 4) is 12.3 Å². The molecule has 6 nitrogen and oxygen atoms in total. The largest absolute Gasteiger partial charge is 0.480 e. The van der Waals surface area contributed by atoms with E-state index in [2.05, 4.69) is 11.2 Å². The fourth-order valence-corrected chi connectivity index (χ4v) is 1.56. The molecule has 0 spiro atoms. The van der Waals surface area contributed by atoms with E-state index >= 15 is 0 Å². The number of terminal acetylenes is 1. The molecule has 17 heavy (non-hydrogen) atoms. The van der Waals surface area contributed by atoms with Crippen molar-refractivity contribution in [2.24, 2.45) is 11.1 Å². The van der Waals surface area contributed by atoms with Crippen molar-refractivity contribution < 1.29 is 19.4 Å². The Kier molecular flexibility index (Phi) is 4.10. The predicted octanol–water partition coefficient (Wildman–Crippen LogP) is -1.06. The second-order valence-corrected chi connectivity index (χ2v) is 4.31. The molecule has 0 bridgehead atoms. The summed E-state index contributed by atoms with van der Waals surface area (Å²) in [7, 11) is 0. The lowest BCUT2D eigenvalue weighted by atomic mass is 9.84. The molecule has 0 aromatic rings. The summed E-state index contributed by atoms with van der Waals surface area (Å²) < 4.78 is 5.12. The Morgan fingerprint density at radius 2 is 2.41 bits per heavy atom. The standard InChI is InChI=1S/C11H16N2O4/c1-3-4-7(9(14)15)13-10(16)11(2)6-17-5-8(11)12/h1,7-8H,4-6,12H2,2H3,(H,13,16)(H,14,15). The zero-order valence-electron chi connectivity index (χ0n) is 9.60. The summed E-state index contributed by atoms with van der Waals surface area (Å²) in [5.74, 6) is 0.611. The van der Waals surface area contributed by atoms with Crippen molar-refractivity contribution >= 4 is 11.9 Å². The number of carbonyl (C=O) groups is 2. The van der Waals surface area contributed by atoms with Crippen LogP contribution in [0.2, 0.25) is 0 Å². The molecule has 3 atom stereocenters. The smallest absolute Gasteiger partial charge is 0.327 e. The van der Waals surface area contributed by atoms with E-state index in [0.29, 0.717) is 0 Å². The van der Waals surface area contributed by atoms with Crippen LogP contribution in [0.3, 0.4) is 0 Å². The Morgan fingerprint density at radius 3 is 2.82 bits per heavy atom. The molecule has 0 aliphatic carbocycles. The van der Waals surface area contributed by atoms with Gasteiger partial charge in [0.05, 0.1) is 18.6 Å². The second-order valence-electron chi connectivity index (χ2n) is 4.31. The first-order chi connectivity index (χ1) is 7.91. The van der Waals surface area contributed by atoms with Gasteiger partial charge in [-0.3, -0.25) is 4.79 Å². The normalized spacial score (nSPS) is 29.4. The van der Waals surface area contributed by atoms with Gasteiger partial charge in [0, 0.05) is 12.5 Å². The van der Waals surface area contributed by atoms with Crippen LogP contribution in [-0.4, -0.2) is 42.3 Å². The lowest BCUT2D eigenvalue weighted by Crippen LogP contribution is -2.53. The van der Waals surface area contributed by atoms with Gasteiger partial charge in [0.2, 0.25) is 5.91 Å². The van der Waals surface area contributed by atoms with Gasteiger partial charge < -0.3 is 20.9 Å². The molecule has 1 fully saturated rings. The Balaban J connectivity index is 2.71. The van der Waals surface area contributed by atoms with Gasteiger partial charge in [-0.05, 0) is 6.92 Å². The van der Waals surface area contributed by atoms with E-state index in [1.54, 1.807) is 6.92 Å². The Labute approximate surface area is 99.5 Å². The zero-order chi connectivity index (χ0) is 13.1. The first-order valence-corrected chi connectivity index (χ1v) is 5.22. The topological polar surface area (TPSA) is 102 Å². The molecule has 6 heteroatoms. The van der Waals surface area contributed by atoms with Gasteiger partial charge in [-0.1, -0.05) is 0 Å². The molecule has 1 saturated heterocycles. The minimum atomic E-state index is -1.16. The maximum atomic E-state index is 12.0. The maximum absolute atomic E-state index is 12.0. The highest BCUT2D eigenvalue weighted by molar-refractivity contribution is 5.88. The maximum Gasteiger partial charge on any atom is 0.327 e. The van der Waals surface area contributed by atoms with Crippen LogP contribution in [0.25, 0.3) is 0 Å². The zero-order valence-corrected chi connectivity index (χ0v) is 9.60. The minimum Gasteiger partial charge on any atom is -0.480 e. The van der Waals surface area contributed by atoms with Crippen molar-refractivity contribution in [3.05, 3.63) is 0 Å². The van der Waals surface area contributed by atoms with Crippen molar-refractivity contribution in [1.82, 2.24) is 5.32 Å². The van der Waals surface area contributed by atoms with Gasteiger partial charge in [-0.15, -0.1) is 12.3 Å². The van der Waals surface area contributed by atoms with Gasteiger partial charge >= 0.3 is 5.97 Å². The molecule has 1 aliphatic rings. The van der Waals surface area contributed by atoms with Crippen molar-refractivity contribution in [2.45, 2.75) is 25.4 Å². The Hall–Kier alpha value is -1.58. The number of nitrogens with two attached hydrogens (primary N) is 1. The number of carboxylic acids is 1. The third kappa shape index (κ3) is 2.75. The molecule has 0 radical (unpaired) electrons. The first kappa shape index (κ1) is 13.5. The van der Waals surface area contributed by atoms with Crippen LogP contribution in [0.5, 0.6) is 0 Å². The summed E-state index contributed by atoms with van der Waals surface area (Å²) in [5, 5.41) is 11.3. The highest BCUT2D eigenvalue weighted by Gasteiger charge is 2.45. The molecule has 1 heterocycles. The molecular weight excluding hydrogens is 224 g/mol. The van der Waals surface area contributed by atoms with Crippen LogP contribution in [0, 0.1) is 17.8 Å². The van der Waals surface area contributed by atoms with Gasteiger partial charge in [0.25, 0.3) is 0 Å². The Morgan fingerprint density at radius 1 is 1.76 bits per heavy atom. The molecule has 94 valence electrons. The van der Waals surface area contributed by atoms with Crippen molar-refractivity contribution in [1.29, 1.82) is 0 Å². The van der Waals surface area contributed by atoms with Gasteiger partial charge in [0.15, 0.2) is 0 Å². The monoisotopic (exact) mass is 240 g/mol. The van der Waals surface area contributed by atoms with Gasteiger partial charge in [-0.25, -0.2) is 4.79 Å². The highest BCUT2D eigenvalue weighted by atomic mass is 16.5. The predicted molar refractivity (Wildman–Crippen MR) is 59.9 cm³/mol. The van der Waals surface area contributed by atoms with E-state index in [1.807, 2.05) is 0 Å². The lowest BCUT2D eigenvalue weighted by molar-refractivity contribution is -0.143. The minimum absolute atomic E-state index is 0.0623. The number of ether oxygens (including phenoxy) is 1. The number of rotatable bonds is 4. The summed E-state index contributed by atoms with van der Waals surface area (Å²) in [4.78, 5) is 22.8. The molecular formula is C11H16N2O4. The fraction of sp³-hybridized carbons (Fsp3) is 0.636. The third-order valence-corrected chi connectivity index (χ3v) is 2.96. The van der Waals surface area contributed by atoms with Crippen LogP contribution >= 0.6 is 0 Å². The summed E-state index contributed by atoms with van der Waals surface area (Å²) in [6.45, 7) is 2.12. The number of carboxylic acid groups (broad SMARTS) is 1. The third-order valence-electron chi connectivity index (χ3n) is 2.96. The quantitative estimate of drug-likeness (QED) is 0.544. The molecule has 0 aromatic heterocycles. The molecule has 0 aromatic carbocycles. The van der Waals surface area contributed by atoms with Gasteiger partial charge in [0.1, 0.15) is 6.04 Å². The Bertz CT molecular complexity index is 363. The van der Waals surface area contributed by atoms with Crippen LogP contribution in [0.4, 0.5) is 0 Å². The average Bonchev–Trinajstić information content (AvgIpc) is 2.59. The van der Waals surface area contributed by atoms with E-state index in [9.17, 15) is 9.59 Å². The molecule has 0 saturated carbocycles. The first-order valence-electron chi connectivity index (χ1n) is 5.22. The number of amides is 1. The van der Waals surface area contributed by atoms with E-state index in [1.165, 1.54) is 0 Å². The second kappa shape index (κ2) is 5.17. The highest BCUT2D eigenvalue weighted by Crippen LogP contribution is 2.27. The van der Waals surface area contributed by atoms with Gasteiger partial charge in [-0.2, -0.15) is 0 Å². The van der Waals surface area contributed by atoms with Crippen LogP contribution < -0.4 is 11.1 Å². The van der Waals surface area contributed by atoms with Crippen LogP contribution in [0.1, 0.15) is 13.3 Å². The number of aliphatic carboxylic acids is 1. The van der Waals surface area contributed by atoms with Crippen LogP contribution in [-0.2, 0) is 14.3 Å². The lowest BCUT2D eigenvalue weighted by Gasteiger charge is -2.27. The van der Waals surface area contributed by atoms with E-state index in [0.717, 1.165) is 0 Å². The van der Waals surface area contributed by atoms with E-state index < -0.39 is 29.4 Å². The molecule has 1 aliphatic heterocycles. The molecule has 1 rings (SSSR count). The molecule has 3 unspecified atom stereocenters. The molecule has 1 amide bonds. The number of nitrogens with one attached hydrogen (secondary N) is 1. The molecule has 4 N–H and O–H groups in total. The van der Waals surface area contributed by atoms with E-state index in [-0.39, 0.29) is 19.6 Å². The number of hydrogen-bond acceptors (Lipinski definition) is 4. The van der Waals surface area contributed by atoms with Crippen molar-refractivity contribution in [2.75, 3.05) is 13.2 Å². The summed E-state index contributed by atoms with van der Waals surface area (Å²) in [6.07, 6.45) is 4.98. The van der Waals surface area contributed by atoms with E-state index in [4.69, 9.17) is 22.0 Å². The van der Waals surface area contributed by atoms with Crippen molar-refractivity contribution in [3.63, 3.8) is 0 Å². The number of carbonyl (C=O) groups excluding carboxylic acids is 1. The fourth-order valence-electron chi connectivity index (χ4n) is 1.56. The summed E-state index contributed by atoms with van der Waals surface area (Å²) in [6, 6.07) is -1.53. The van der Waals surface area contributed by atoms with Crippen LogP contribution in [0.15, 0.2) is 0 Å². The summed E-state index contributed by atoms with van der Waals surface area (Å²) >= 11 is 0. The number of hydrogen-bond donors (Lipinski definition) is 3.